The molecule has 0 spiro atoms. The fourth-order valence-corrected chi connectivity index (χ4v) is 4.04. The normalized spacial score (nSPS) is 20.1. The lowest BCUT2D eigenvalue weighted by atomic mass is 9.73. The predicted molar refractivity (Wildman–Crippen MR) is 126 cm³/mol. The summed E-state index contributed by atoms with van der Waals surface area (Å²) in [5, 5.41) is 6.42. The summed E-state index contributed by atoms with van der Waals surface area (Å²) < 4.78 is 5.44. The average Bonchev–Trinajstić information content (AvgIpc) is 2.83. The average molecular weight is 427 g/mol. The van der Waals surface area contributed by atoms with E-state index in [0.29, 0.717) is 11.3 Å². The molecule has 2 N–H and O–H groups in total. The van der Waals surface area contributed by atoms with Gasteiger partial charge in [-0.15, -0.1) is 0 Å². The molecule has 162 valence electrons. The molecule has 4 rings (SSSR count). The largest absolute Gasteiger partial charge is 0.465 e. The Hall–Kier alpha value is -3.86. The third-order valence-corrected chi connectivity index (χ3v) is 5.65. The van der Waals surface area contributed by atoms with E-state index in [1.54, 1.807) is 13.0 Å². The SMILES string of the molecule is CCOC(=O)[C@H]1C=C(c2ccccc2)NC(=O)[C@@]1(Nc1ccc(C)cc1)c1ccccc1. The molecular formula is C27H26N2O3. The number of amides is 1. The number of esters is 1. The van der Waals surface area contributed by atoms with Crippen molar-refractivity contribution in [2.75, 3.05) is 11.9 Å². The lowest BCUT2D eigenvalue weighted by Gasteiger charge is -2.42. The second-order valence-corrected chi connectivity index (χ2v) is 7.80. The van der Waals surface area contributed by atoms with Gasteiger partial charge in [-0.3, -0.25) is 9.59 Å². The van der Waals surface area contributed by atoms with E-state index in [-0.39, 0.29) is 12.5 Å². The van der Waals surface area contributed by atoms with Crippen molar-refractivity contribution >= 4 is 23.3 Å². The lowest BCUT2D eigenvalue weighted by Crippen LogP contribution is -2.59. The molecule has 1 aliphatic heterocycles. The monoisotopic (exact) mass is 426 g/mol. The van der Waals surface area contributed by atoms with Crippen LogP contribution < -0.4 is 10.6 Å². The van der Waals surface area contributed by atoms with Crippen LogP contribution in [0.4, 0.5) is 5.69 Å². The number of carbonyl (C=O) groups is 2. The molecule has 3 aromatic rings. The number of rotatable bonds is 6. The first kappa shape index (κ1) is 21.4. The van der Waals surface area contributed by atoms with E-state index in [1.807, 2.05) is 91.9 Å². The van der Waals surface area contributed by atoms with Gasteiger partial charge in [0.15, 0.2) is 5.54 Å². The van der Waals surface area contributed by atoms with Gasteiger partial charge < -0.3 is 15.4 Å². The summed E-state index contributed by atoms with van der Waals surface area (Å²) in [7, 11) is 0. The Morgan fingerprint density at radius 1 is 0.969 bits per heavy atom. The van der Waals surface area contributed by atoms with E-state index in [4.69, 9.17) is 4.74 Å². The minimum atomic E-state index is -1.37. The Morgan fingerprint density at radius 2 is 1.59 bits per heavy atom. The standard InChI is InChI=1S/C27H26N2O3/c1-3-32-25(30)23-18-24(20-10-6-4-7-11-20)28-26(31)27(23,21-12-8-5-9-13-21)29-22-16-14-19(2)15-17-22/h4-18,23,29H,3H2,1-2H3,(H,28,31)/t23-,27-/m1/s1. The van der Waals surface area contributed by atoms with Gasteiger partial charge in [0.2, 0.25) is 0 Å². The molecule has 0 aliphatic carbocycles. The highest BCUT2D eigenvalue weighted by Gasteiger charge is 2.53. The van der Waals surface area contributed by atoms with Gasteiger partial charge in [0.1, 0.15) is 5.92 Å². The van der Waals surface area contributed by atoms with Gasteiger partial charge in [0.25, 0.3) is 5.91 Å². The Kier molecular flexibility index (Phi) is 6.08. The molecule has 32 heavy (non-hydrogen) atoms. The van der Waals surface area contributed by atoms with Crippen LogP contribution in [-0.4, -0.2) is 18.5 Å². The van der Waals surface area contributed by atoms with Crippen LogP contribution in [0.1, 0.15) is 23.6 Å². The Morgan fingerprint density at radius 3 is 2.22 bits per heavy atom. The van der Waals surface area contributed by atoms with E-state index >= 15 is 0 Å². The Labute approximate surface area is 188 Å². The molecule has 2 atom stereocenters. The van der Waals surface area contributed by atoms with Gasteiger partial charge >= 0.3 is 5.97 Å². The van der Waals surface area contributed by atoms with E-state index in [2.05, 4.69) is 10.6 Å². The first-order chi connectivity index (χ1) is 15.5. The van der Waals surface area contributed by atoms with Crippen molar-refractivity contribution < 1.29 is 14.3 Å². The van der Waals surface area contributed by atoms with Crippen molar-refractivity contribution in [2.24, 2.45) is 5.92 Å². The number of nitrogens with one attached hydrogen (secondary N) is 2. The molecule has 0 saturated heterocycles. The highest BCUT2D eigenvalue weighted by Crippen LogP contribution is 2.40. The van der Waals surface area contributed by atoms with Gasteiger partial charge in [-0.2, -0.15) is 0 Å². The van der Waals surface area contributed by atoms with Crippen LogP contribution in [0.15, 0.2) is 91.0 Å². The Bertz CT molecular complexity index is 1120. The van der Waals surface area contributed by atoms with Crippen LogP contribution >= 0.6 is 0 Å². The molecule has 1 heterocycles. The van der Waals surface area contributed by atoms with Crippen LogP contribution in [0.3, 0.4) is 0 Å². The van der Waals surface area contributed by atoms with Crippen LogP contribution in [-0.2, 0) is 19.9 Å². The Balaban J connectivity index is 1.90. The summed E-state index contributed by atoms with van der Waals surface area (Å²) in [6, 6.07) is 26.6. The van der Waals surface area contributed by atoms with Crippen LogP contribution in [0, 0.1) is 12.8 Å². The molecule has 1 amide bonds. The van der Waals surface area contributed by atoms with E-state index in [0.717, 1.165) is 16.8 Å². The zero-order chi connectivity index (χ0) is 22.6. The number of hydrogen-bond donors (Lipinski definition) is 2. The highest BCUT2D eigenvalue weighted by atomic mass is 16.5. The third-order valence-electron chi connectivity index (χ3n) is 5.65. The van der Waals surface area contributed by atoms with Crippen molar-refractivity contribution in [1.29, 1.82) is 0 Å². The van der Waals surface area contributed by atoms with Crippen LogP contribution in [0.2, 0.25) is 0 Å². The summed E-state index contributed by atoms with van der Waals surface area (Å²) in [4.78, 5) is 27.1. The molecule has 0 bridgehead atoms. The van der Waals surface area contributed by atoms with Crippen molar-refractivity contribution in [3.8, 4) is 0 Å². The molecule has 1 aliphatic rings. The predicted octanol–water partition coefficient (Wildman–Crippen LogP) is 4.65. The summed E-state index contributed by atoms with van der Waals surface area (Å²) in [5.41, 5.74) is 2.56. The second-order valence-electron chi connectivity index (χ2n) is 7.80. The fourth-order valence-electron chi connectivity index (χ4n) is 4.04. The number of anilines is 1. The second kappa shape index (κ2) is 9.10. The molecule has 5 nitrogen and oxygen atoms in total. The fraction of sp³-hybridized carbons (Fsp3) is 0.185. The lowest BCUT2D eigenvalue weighted by molar-refractivity contribution is -0.151. The van der Waals surface area contributed by atoms with Gasteiger partial charge in [-0.25, -0.2) is 0 Å². The smallest absolute Gasteiger partial charge is 0.316 e. The van der Waals surface area contributed by atoms with E-state index in [9.17, 15) is 9.59 Å². The summed E-state index contributed by atoms with van der Waals surface area (Å²) in [6.45, 7) is 3.99. The highest BCUT2D eigenvalue weighted by molar-refractivity contribution is 6.04. The zero-order valence-corrected chi connectivity index (χ0v) is 18.2. The van der Waals surface area contributed by atoms with Crippen LogP contribution in [0.5, 0.6) is 0 Å². The van der Waals surface area contributed by atoms with Crippen LogP contribution in [0.25, 0.3) is 5.70 Å². The maximum absolute atomic E-state index is 13.9. The zero-order valence-electron chi connectivity index (χ0n) is 18.2. The van der Waals surface area contributed by atoms with Crippen molar-refractivity contribution in [1.82, 2.24) is 5.32 Å². The molecule has 0 radical (unpaired) electrons. The number of carbonyl (C=O) groups excluding carboxylic acids is 2. The first-order valence-electron chi connectivity index (χ1n) is 10.7. The summed E-state index contributed by atoms with van der Waals surface area (Å²) >= 11 is 0. The van der Waals surface area contributed by atoms with Crippen molar-refractivity contribution in [3.05, 3.63) is 108 Å². The van der Waals surface area contributed by atoms with Gasteiger partial charge in [-0.05, 0) is 43.2 Å². The van der Waals surface area contributed by atoms with Gasteiger partial charge in [0.05, 0.1) is 6.61 Å². The minimum Gasteiger partial charge on any atom is -0.465 e. The maximum Gasteiger partial charge on any atom is 0.316 e. The topological polar surface area (TPSA) is 67.4 Å². The van der Waals surface area contributed by atoms with Crippen molar-refractivity contribution in [3.63, 3.8) is 0 Å². The molecule has 0 fully saturated rings. The number of benzene rings is 3. The molecule has 3 aromatic carbocycles. The molecular weight excluding hydrogens is 400 g/mol. The molecule has 0 saturated carbocycles. The number of aryl methyl sites for hydroxylation is 1. The molecule has 0 unspecified atom stereocenters. The summed E-state index contributed by atoms with van der Waals surface area (Å²) in [5.74, 6) is -1.65. The number of hydrogen-bond acceptors (Lipinski definition) is 4. The third kappa shape index (κ3) is 4.02. The molecule has 5 heteroatoms. The molecule has 0 aromatic heterocycles. The number of ether oxygens (including phenoxy) is 1. The van der Waals surface area contributed by atoms with E-state index in [1.165, 1.54) is 0 Å². The first-order valence-corrected chi connectivity index (χ1v) is 10.7. The van der Waals surface area contributed by atoms with Gasteiger partial charge in [-0.1, -0.05) is 78.4 Å². The van der Waals surface area contributed by atoms with E-state index < -0.39 is 17.4 Å². The van der Waals surface area contributed by atoms with Gasteiger partial charge in [0, 0.05) is 11.4 Å². The minimum absolute atomic E-state index is 0.223. The van der Waals surface area contributed by atoms with Crippen molar-refractivity contribution in [2.45, 2.75) is 19.4 Å². The maximum atomic E-state index is 13.9. The quantitative estimate of drug-likeness (QED) is 0.563. The summed E-state index contributed by atoms with van der Waals surface area (Å²) in [6.07, 6.45) is 1.79.